The zero-order valence-corrected chi connectivity index (χ0v) is 14.8. The average Bonchev–Trinajstić information content (AvgIpc) is 2.68. The standard InChI is InChI=1S/C20H15ClN2O4/c21-15-10-8-14(9-11-15)13-27-19-7-2-1-6-18(19)20(24)22-16-4-3-5-17(12-16)23(25)26/h1-12H,13H2,(H,22,24). The fraction of sp³-hybridized carbons (Fsp3) is 0.0500. The SMILES string of the molecule is O=C(Nc1cccc([N+](=O)[O-])c1)c1ccccc1OCc1ccc(Cl)cc1. The molecule has 3 aromatic rings. The van der Waals surface area contributed by atoms with Crippen molar-refractivity contribution in [3.63, 3.8) is 0 Å². The molecule has 0 heterocycles. The Morgan fingerprint density at radius 2 is 1.78 bits per heavy atom. The van der Waals surface area contributed by atoms with Crippen LogP contribution in [0.3, 0.4) is 0 Å². The number of rotatable bonds is 6. The van der Waals surface area contributed by atoms with E-state index in [1.54, 1.807) is 42.5 Å². The Balaban J connectivity index is 1.74. The number of nitrogens with zero attached hydrogens (tertiary/aromatic N) is 1. The van der Waals surface area contributed by atoms with Crippen molar-refractivity contribution < 1.29 is 14.5 Å². The maximum absolute atomic E-state index is 12.6. The fourth-order valence-electron chi connectivity index (χ4n) is 2.42. The smallest absolute Gasteiger partial charge is 0.271 e. The monoisotopic (exact) mass is 382 g/mol. The maximum atomic E-state index is 12.6. The van der Waals surface area contributed by atoms with E-state index in [0.29, 0.717) is 22.0 Å². The number of halogens is 1. The topological polar surface area (TPSA) is 81.5 Å². The van der Waals surface area contributed by atoms with Gasteiger partial charge in [0.05, 0.1) is 10.5 Å². The molecule has 0 atom stereocenters. The lowest BCUT2D eigenvalue weighted by atomic mass is 10.1. The third-order valence-electron chi connectivity index (χ3n) is 3.75. The fourth-order valence-corrected chi connectivity index (χ4v) is 2.54. The highest BCUT2D eigenvalue weighted by atomic mass is 35.5. The molecule has 0 spiro atoms. The molecule has 7 heteroatoms. The van der Waals surface area contributed by atoms with Crippen molar-refractivity contribution in [2.75, 3.05) is 5.32 Å². The van der Waals surface area contributed by atoms with Gasteiger partial charge in [0.1, 0.15) is 12.4 Å². The largest absolute Gasteiger partial charge is 0.488 e. The predicted molar refractivity (Wildman–Crippen MR) is 103 cm³/mol. The molecule has 136 valence electrons. The van der Waals surface area contributed by atoms with Crippen molar-refractivity contribution in [3.05, 3.63) is 99.1 Å². The van der Waals surface area contributed by atoms with Crippen LogP contribution in [0.1, 0.15) is 15.9 Å². The van der Waals surface area contributed by atoms with Crippen LogP contribution in [0.5, 0.6) is 5.75 Å². The molecule has 0 unspecified atom stereocenters. The maximum Gasteiger partial charge on any atom is 0.271 e. The van der Waals surface area contributed by atoms with Gasteiger partial charge >= 0.3 is 0 Å². The van der Waals surface area contributed by atoms with E-state index in [4.69, 9.17) is 16.3 Å². The number of benzene rings is 3. The molecule has 1 N–H and O–H groups in total. The molecule has 0 fully saturated rings. The van der Waals surface area contributed by atoms with Crippen molar-refractivity contribution >= 4 is 28.9 Å². The quantitative estimate of drug-likeness (QED) is 0.476. The molecule has 1 amide bonds. The van der Waals surface area contributed by atoms with E-state index in [9.17, 15) is 14.9 Å². The van der Waals surface area contributed by atoms with Crippen LogP contribution in [-0.4, -0.2) is 10.8 Å². The second kappa shape index (κ2) is 8.33. The molecular weight excluding hydrogens is 368 g/mol. The first-order chi connectivity index (χ1) is 13.0. The van der Waals surface area contributed by atoms with Gasteiger partial charge in [0.15, 0.2) is 0 Å². The summed E-state index contributed by atoms with van der Waals surface area (Å²) in [6.07, 6.45) is 0. The molecule has 27 heavy (non-hydrogen) atoms. The van der Waals surface area contributed by atoms with Crippen LogP contribution < -0.4 is 10.1 Å². The highest BCUT2D eigenvalue weighted by molar-refractivity contribution is 6.30. The van der Waals surface area contributed by atoms with Crippen molar-refractivity contribution in [3.8, 4) is 5.75 Å². The van der Waals surface area contributed by atoms with Gasteiger partial charge in [0.25, 0.3) is 11.6 Å². The molecule has 6 nitrogen and oxygen atoms in total. The number of nitro benzene ring substituents is 1. The van der Waals surface area contributed by atoms with E-state index < -0.39 is 10.8 Å². The molecule has 3 aromatic carbocycles. The van der Waals surface area contributed by atoms with E-state index >= 15 is 0 Å². The van der Waals surface area contributed by atoms with E-state index in [1.165, 1.54) is 18.2 Å². The Morgan fingerprint density at radius 1 is 1.04 bits per heavy atom. The van der Waals surface area contributed by atoms with Gasteiger partial charge in [-0.1, -0.05) is 41.9 Å². The van der Waals surface area contributed by atoms with Crippen molar-refractivity contribution in [1.29, 1.82) is 0 Å². The lowest BCUT2D eigenvalue weighted by molar-refractivity contribution is -0.384. The third kappa shape index (κ3) is 4.83. The minimum Gasteiger partial charge on any atom is -0.488 e. The van der Waals surface area contributed by atoms with Crippen molar-refractivity contribution in [2.45, 2.75) is 6.61 Å². The number of carbonyl (C=O) groups is 1. The second-order valence-electron chi connectivity index (χ2n) is 5.67. The van der Waals surface area contributed by atoms with Crippen LogP contribution in [0.4, 0.5) is 11.4 Å². The number of para-hydroxylation sites is 1. The summed E-state index contributed by atoms with van der Waals surface area (Å²) in [6.45, 7) is 0.276. The summed E-state index contributed by atoms with van der Waals surface area (Å²) in [5.74, 6) is -0.00224. The molecule has 0 saturated heterocycles. The molecule has 0 radical (unpaired) electrons. The normalized spacial score (nSPS) is 10.3. The van der Waals surface area contributed by atoms with Gasteiger partial charge in [-0.2, -0.15) is 0 Å². The lowest BCUT2D eigenvalue weighted by Crippen LogP contribution is -2.13. The summed E-state index contributed by atoms with van der Waals surface area (Å²) in [5, 5.41) is 14.2. The predicted octanol–water partition coefficient (Wildman–Crippen LogP) is 5.08. The van der Waals surface area contributed by atoms with E-state index in [0.717, 1.165) is 5.56 Å². The second-order valence-corrected chi connectivity index (χ2v) is 6.11. The summed E-state index contributed by atoms with van der Waals surface area (Å²) in [5.41, 5.74) is 1.48. The van der Waals surface area contributed by atoms with Crippen molar-refractivity contribution in [2.24, 2.45) is 0 Å². The number of hydrogen-bond donors (Lipinski definition) is 1. The minimum absolute atomic E-state index is 0.0972. The number of non-ortho nitro benzene ring substituents is 1. The van der Waals surface area contributed by atoms with Crippen LogP contribution in [0.15, 0.2) is 72.8 Å². The Bertz CT molecular complexity index is 974. The van der Waals surface area contributed by atoms with Gasteiger partial charge < -0.3 is 10.1 Å². The average molecular weight is 383 g/mol. The number of carbonyl (C=O) groups excluding carboxylic acids is 1. The number of nitrogens with one attached hydrogen (secondary N) is 1. The van der Waals surface area contributed by atoms with Gasteiger partial charge in [0, 0.05) is 22.8 Å². The molecule has 0 saturated carbocycles. The van der Waals surface area contributed by atoms with Gasteiger partial charge in [-0.05, 0) is 35.9 Å². The Morgan fingerprint density at radius 3 is 2.52 bits per heavy atom. The number of amides is 1. The first kappa shape index (κ1) is 18.4. The van der Waals surface area contributed by atoms with Crippen LogP contribution >= 0.6 is 11.6 Å². The Hall–Kier alpha value is -3.38. The van der Waals surface area contributed by atoms with Crippen LogP contribution in [0.25, 0.3) is 0 Å². The van der Waals surface area contributed by atoms with Crippen LogP contribution in [0.2, 0.25) is 5.02 Å². The summed E-state index contributed by atoms with van der Waals surface area (Å²) < 4.78 is 5.77. The van der Waals surface area contributed by atoms with Crippen LogP contribution in [0, 0.1) is 10.1 Å². The van der Waals surface area contributed by atoms with Gasteiger partial charge in [-0.3, -0.25) is 14.9 Å². The first-order valence-electron chi connectivity index (χ1n) is 8.05. The highest BCUT2D eigenvalue weighted by Gasteiger charge is 2.14. The Labute approximate surface area is 160 Å². The third-order valence-corrected chi connectivity index (χ3v) is 4.01. The zero-order chi connectivity index (χ0) is 19.2. The molecule has 0 bridgehead atoms. The highest BCUT2D eigenvalue weighted by Crippen LogP contribution is 2.23. The molecular formula is C20H15ClN2O4. The summed E-state index contributed by atoms with van der Waals surface area (Å²) in [4.78, 5) is 22.9. The first-order valence-corrected chi connectivity index (χ1v) is 8.43. The number of anilines is 1. The molecule has 0 aromatic heterocycles. The summed E-state index contributed by atoms with van der Waals surface area (Å²) >= 11 is 5.87. The molecule has 0 aliphatic carbocycles. The van der Waals surface area contributed by atoms with E-state index in [1.807, 2.05) is 12.1 Å². The molecule has 0 aliphatic rings. The number of nitro groups is 1. The summed E-state index contributed by atoms with van der Waals surface area (Å²) in [7, 11) is 0. The lowest BCUT2D eigenvalue weighted by Gasteiger charge is -2.12. The van der Waals surface area contributed by atoms with Gasteiger partial charge in [-0.25, -0.2) is 0 Å². The number of hydrogen-bond acceptors (Lipinski definition) is 4. The van der Waals surface area contributed by atoms with Gasteiger partial charge in [0.2, 0.25) is 0 Å². The van der Waals surface area contributed by atoms with E-state index in [-0.39, 0.29) is 12.3 Å². The zero-order valence-electron chi connectivity index (χ0n) is 14.1. The van der Waals surface area contributed by atoms with Gasteiger partial charge in [-0.15, -0.1) is 0 Å². The molecule has 3 rings (SSSR count). The van der Waals surface area contributed by atoms with Crippen LogP contribution in [-0.2, 0) is 6.61 Å². The minimum atomic E-state index is -0.515. The van der Waals surface area contributed by atoms with Crippen molar-refractivity contribution in [1.82, 2.24) is 0 Å². The molecule has 0 aliphatic heterocycles. The summed E-state index contributed by atoms with van der Waals surface area (Å²) in [6, 6.07) is 19.8. The Kier molecular flexibility index (Phi) is 5.68. The van der Waals surface area contributed by atoms with E-state index in [2.05, 4.69) is 5.32 Å². The number of ether oxygens (including phenoxy) is 1.